The van der Waals surface area contributed by atoms with E-state index in [0.717, 1.165) is 66.6 Å². The van der Waals surface area contributed by atoms with Gasteiger partial charge in [0.1, 0.15) is 12.6 Å². The van der Waals surface area contributed by atoms with Gasteiger partial charge in [-0.05, 0) is 213 Å². The first kappa shape index (κ1) is 90.7. The van der Waals surface area contributed by atoms with Gasteiger partial charge in [-0.2, -0.15) is 4.99 Å². The summed E-state index contributed by atoms with van der Waals surface area (Å²) in [4.78, 5) is 98.8. The van der Waals surface area contributed by atoms with Crippen LogP contribution in [0.2, 0.25) is 0 Å². The van der Waals surface area contributed by atoms with E-state index in [4.69, 9.17) is 35.5 Å². The normalized spacial score (nSPS) is 9.84. The fraction of sp³-hybridized carbons (Fsp3) is 0.130. The number of isocyanates is 1. The molecule has 0 aliphatic heterocycles. The number of nitrogen functional groups attached to an aromatic ring is 2. The number of aldehydes is 2. The number of nitrogens with two attached hydrogens (primary N) is 2. The number of anilines is 8. The molecule has 0 fully saturated rings. The number of carbonyl (C=O) groups is 7. The molecule has 0 aliphatic carbocycles. The van der Waals surface area contributed by atoms with Gasteiger partial charge in [0.25, 0.3) is 17.7 Å². The predicted octanol–water partition coefficient (Wildman–Crippen LogP) is 20.2. The first-order valence-corrected chi connectivity index (χ1v) is 37.9. The molecule has 10 N–H and O–H groups in total. The molecular weight excluding hydrogens is 1500 g/mol. The number of rotatable bonds is 23. The van der Waals surface area contributed by atoms with Gasteiger partial charge in [-0.1, -0.05) is 123 Å². The quantitative estimate of drug-likeness (QED) is 0.00970. The largest absolute Gasteiger partial charge is 0.493 e. The van der Waals surface area contributed by atoms with Crippen molar-refractivity contribution in [1.29, 1.82) is 0 Å². The number of amides is 5. The third-order valence-electron chi connectivity index (χ3n) is 17.0. The molecule has 0 saturated heterocycles. The maximum atomic E-state index is 13.5. The molecule has 0 atom stereocenters. The number of aliphatic imine (C=N–C) groups is 1. The summed E-state index contributed by atoms with van der Waals surface area (Å²) in [6.07, 6.45) is 6.91. The van der Waals surface area contributed by atoms with Gasteiger partial charge in [-0.15, -0.1) is 23.5 Å². The first-order valence-electron chi connectivity index (χ1n) is 35.5. The number of thioether (sulfide) groups is 2. The van der Waals surface area contributed by atoms with Crippen LogP contribution in [0.15, 0.2) is 294 Å². The van der Waals surface area contributed by atoms with Crippen LogP contribution in [0, 0.1) is 20.8 Å². The molecule has 22 nitrogen and oxygen atoms in total. The summed E-state index contributed by atoms with van der Waals surface area (Å²) in [5.74, 6) is 0.876. The molecule has 596 valence electrons. The Morgan fingerprint density at radius 1 is 0.440 bits per heavy atom. The topological polar surface area (TPSA) is 322 Å². The Morgan fingerprint density at radius 2 is 0.836 bits per heavy atom. The molecule has 12 aromatic rings. The number of urea groups is 1. The van der Waals surface area contributed by atoms with E-state index in [1.807, 2.05) is 197 Å². The molecule has 5 amide bonds. The van der Waals surface area contributed by atoms with Gasteiger partial charge in [-0.3, -0.25) is 28.9 Å². The van der Waals surface area contributed by atoms with Gasteiger partial charge >= 0.3 is 12.0 Å². The molecule has 0 aliphatic rings. The number of hydrogen-bond acceptors (Lipinski definition) is 18. The zero-order chi connectivity index (χ0) is 83.0. The van der Waals surface area contributed by atoms with Crippen molar-refractivity contribution in [1.82, 2.24) is 0 Å². The molecule has 0 unspecified atom stereocenters. The van der Waals surface area contributed by atoms with E-state index < -0.39 is 5.97 Å². The minimum Gasteiger partial charge on any atom is -0.493 e. The molecular formula is C92H93N9O13S2. The molecule has 0 radical (unpaired) electrons. The van der Waals surface area contributed by atoms with Crippen LogP contribution in [-0.2, 0) is 17.9 Å². The highest BCUT2D eigenvalue weighted by atomic mass is 32.2. The number of nitrogens with zero attached hydrogens (tertiary/aromatic N) is 2. The van der Waals surface area contributed by atoms with Gasteiger partial charge in [0.2, 0.25) is 6.08 Å². The van der Waals surface area contributed by atoms with E-state index in [2.05, 4.69) is 31.6 Å². The summed E-state index contributed by atoms with van der Waals surface area (Å²) in [7, 11) is 6.33. The Balaban J connectivity index is 0.000000236. The molecule has 12 rings (SSSR count). The SMILES string of the molecule is C.COc1ccc(N(Cc2ccc(C(=O)Nc3ccccc3N)cc2)C(=O)Nc2ccc(SC)cc2)cc1OC.COc1ccc(NCc2ccc(C(=O)Nc3ccccc3C)cc2)cc1OC.CSc1ccc(N=C=O)cc1.Cc1ccccc1N.Cc1ccccc1NC(=O)c1ccc(C=O)cc1.O=Cc1ccc(C(=O)O)cc1. The van der Waals surface area contributed by atoms with E-state index in [-0.39, 0.29) is 43.3 Å². The minimum atomic E-state index is -0.984. The Labute approximate surface area is 684 Å². The third kappa shape index (κ3) is 28.8. The van der Waals surface area contributed by atoms with Crippen LogP contribution in [-0.4, -0.2) is 94.4 Å². The van der Waals surface area contributed by atoms with Crippen LogP contribution >= 0.6 is 23.5 Å². The highest BCUT2D eigenvalue weighted by Gasteiger charge is 2.21. The van der Waals surface area contributed by atoms with Crippen LogP contribution in [0.4, 0.5) is 56.0 Å². The van der Waals surface area contributed by atoms with Crippen molar-refractivity contribution in [3.63, 3.8) is 0 Å². The van der Waals surface area contributed by atoms with E-state index >= 15 is 0 Å². The van der Waals surface area contributed by atoms with Crippen molar-refractivity contribution in [2.24, 2.45) is 4.99 Å². The molecule has 12 aromatic carbocycles. The second kappa shape index (κ2) is 47.9. The standard InChI is InChI=1S/C30H30N4O4S.C23H24N2O3.C15H13NO2.C8H7NOS.C8H6O3.C7H9N.CH4/c1-37-27-17-14-23(18-28(27)38-2)34(30(36)32-22-12-15-24(39-3)16-13-22)19-20-8-10-21(11-9-20)29(35)33-26-7-5-4-6-25(26)31;1-16-6-4-5-7-20(16)25-23(26)18-10-8-17(9-11-18)15-24-19-12-13-21(27-2)22(14-19)28-3;1-11-4-2-3-5-14(11)16-15(18)13-8-6-12(10-17)7-9-13;1-11-8-4-2-7(3-5-8)9-6-10;9-5-6-1-3-7(4-2-6)8(10)11;1-6-4-2-3-5-7(6)8;/h4-18H,19,31H2,1-3H3,(H,32,36)(H,33,35);4-14,24H,15H2,1-3H3,(H,25,26);2-10H,1H3,(H,16,18);2-5H,1H3;1-5H,(H,10,11);2-5H,8H2,1H3;1H4. The second-order valence-corrected chi connectivity index (χ2v) is 26.5. The lowest BCUT2D eigenvalue weighted by atomic mass is 10.1. The van der Waals surface area contributed by atoms with E-state index in [9.17, 15) is 38.4 Å². The lowest BCUT2D eigenvalue weighted by Crippen LogP contribution is -2.34. The number of aryl methyl sites for hydroxylation is 3. The average Bonchev–Trinajstić information content (AvgIpc) is 0.816. The maximum absolute atomic E-state index is 13.5. The molecule has 0 saturated carbocycles. The fourth-order valence-corrected chi connectivity index (χ4v) is 11.2. The van der Waals surface area contributed by atoms with Crippen molar-refractivity contribution in [2.45, 2.75) is 51.1 Å². The third-order valence-corrected chi connectivity index (χ3v) is 18.4. The monoisotopic (exact) mass is 1600 g/mol. The lowest BCUT2D eigenvalue weighted by molar-refractivity contribution is 0.0695. The maximum Gasteiger partial charge on any atom is 0.335 e. The van der Waals surface area contributed by atoms with Crippen molar-refractivity contribution in [3.8, 4) is 23.0 Å². The minimum absolute atomic E-state index is 0. The number of benzene rings is 12. The zero-order valence-corrected chi connectivity index (χ0v) is 66.5. The number of carboxylic acids is 1. The molecule has 0 spiro atoms. The highest BCUT2D eigenvalue weighted by molar-refractivity contribution is 7.98. The summed E-state index contributed by atoms with van der Waals surface area (Å²) < 4.78 is 21.4. The predicted molar refractivity (Wildman–Crippen MR) is 469 cm³/mol. The summed E-state index contributed by atoms with van der Waals surface area (Å²) in [6.45, 7) is 6.78. The van der Waals surface area contributed by atoms with Crippen LogP contribution in [0.3, 0.4) is 0 Å². The molecule has 116 heavy (non-hydrogen) atoms. The number of para-hydroxylation sites is 5. The Hall–Kier alpha value is -14.2. The second-order valence-electron chi connectivity index (χ2n) is 24.7. The van der Waals surface area contributed by atoms with Crippen LogP contribution in [0.1, 0.15) is 97.4 Å². The summed E-state index contributed by atoms with van der Waals surface area (Å²) in [6, 6.07) is 82.8. The summed E-state index contributed by atoms with van der Waals surface area (Å²) >= 11 is 3.28. The number of carboxylic acid groups (broad SMARTS) is 1. The number of ether oxygens (including phenoxy) is 4. The molecule has 0 bridgehead atoms. The highest BCUT2D eigenvalue weighted by Crippen LogP contribution is 2.34. The molecule has 24 heteroatoms. The van der Waals surface area contributed by atoms with Gasteiger partial charge in [-0.25, -0.2) is 14.4 Å². The zero-order valence-electron chi connectivity index (χ0n) is 64.8. The van der Waals surface area contributed by atoms with Crippen molar-refractivity contribution in [2.75, 3.05) is 83.9 Å². The Morgan fingerprint density at radius 3 is 1.26 bits per heavy atom. The van der Waals surface area contributed by atoms with Gasteiger partial charge in [0.05, 0.1) is 57.6 Å². The van der Waals surface area contributed by atoms with Crippen molar-refractivity contribution in [3.05, 3.63) is 340 Å². The molecule has 0 heterocycles. The van der Waals surface area contributed by atoms with Gasteiger partial charge in [0.15, 0.2) is 23.0 Å². The van der Waals surface area contributed by atoms with Gasteiger partial charge in [0, 0.05) is 90.4 Å². The average molecular weight is 1600 g/mol. The van der Waals surface area contributed by atoms with Crippen molar-refractivity contribution >= 4 is 123 Å². The molecule has 0 aromatic heterocycles. The Bertz CT molecular complexity index is 5220. The Kier molecular flexibility index (Phi) is 37.4. The first-order chi connectivity index (χ1) is 55.6. The number of carbonyl (C=O) groups excluding carboxylic acids is 7. The van der Waals surface area contributed by atoms with E-state index in [0.29, 0.717) is 92.1 Å². The number of methoxy groups -OCH3 is 4. The number of nitrogens with one attached hydrogen (secondary N) is 5. The van der Waals surface area contributed by atoms with E-state index in [1.165, 1.54) is 30.3 Å². The number of aromatic carboxylic acids is 1. The number of hydrogen-bond donors (Lipinski definition) is 8. The fourth-order valence-electron chi connectivity index (χ4n) is 10.3. The summed E-state index contributed by atoms with van der Waals surface area (Å²) in [5, 5.41) is 23.4. The lowest BCUT2D eigenvalue weighted by Gasteiger charge is -2.24. The smallest absolute Gasteiger partial charge is 0.335 e. The van der Waals surface area contributed by atoms with Crippen molar-refractivity contribution < 1.29 is 62.4 Å². The van der Waals surface area contributed by atoms with Crippen LogP contribution in [0.5, 0.6) is 23.0 Å². The van der Waals surface area contributed by atoms with E-state index in [1.54, 1.807) is 148 Å². The van der Waals surface area contributed by atoms with Crippen LogP contribution in [0.25, 0.3) is 0 Å². The van der Waals surface area contributed by atoms with Gasteiger partial charge < -0.3 is 62.1 Å². The summed E-state index contributed by atoms with van der Waals surface area (Å²) in [5.41, 5.74) is 25.8. The van der Waals surface area contributed by atoms with Crippen LogP contribution < -0.4 is 61.9 Å².